The first-order chi connectivity index (χ1) is 10.3. The summed E-state index contributed by atoms with van der Waals surface area (Å²) in [6.07, 6.45) is 7.29. The van der Waals surface area contributed by atoms with Gasteiger partial charge >= 0.3 is 0 Å². The summed E-state index contributed by atoms with van der Waals surface area (Å²) in [5.41, 5.74) is 0. The minimum atomic E-state index is 0.541. The van der Waals surface area contributed by atoms with Crippen molar-refractivity contribution in [2.24, 2.45) is 0 Å². The maximum Gasteiger partial charge on any atom is 0.133 e. The van der Waals surface area contributed by atoms with Crippen LogP contribution in [-0.2, 0) is 6.42 Å². The molecule has 2 aliphatic rings. The summed E-state index contributed by atoms with van der Waals surface area (Å²) in [4.78, 5) is 11.9. The molecule has 0 radical (unpaired) electrons. The molecule has 1 aromatic heterocycles. The van der Waals surface area contributed by atoms with Crippen LogP contribution in [0.25, 0.3) is 0 Å². The fourth-order valence-corrected chi connectivity index (χ4v) is 3.64. The van der Waals surface area contributed by atoms with E-state index in [1.807, 2.05) is 13.1 Å². The Morgan fingerprint density at radius 1 is 1.19 bits per heavy atom. The third-order valence-electron chi connectivity index (χ3n) is 4.69. The zero-order valence-corrected chi connectivity index (χ0v) is 13.2. The van der Waals surface area contributed by atoms with E-state index in [9.17, 15) is 0 Å². The van der Waals surface area contributed by atoms with Gasteiger partial charge < -0.3 is 10.6 Å². The van der Waals surface area contributed by atoms with Gasteiger partial charge in [-0.15, -0.1) is 0 Å². The Balaban J connectivity index is 1.73. The number of nitrogens with zero attached hydrogens (tertiary/aromatic N) is 3. The zero-order chi connectivity index (χ0) is 14.7. The lowest BCUT2D eigenvalue weighted by atomic mass is 9.99. The summed E-state index contributed by atoms with van der Waals surface area (Å²) in [5.74, 6) is 2.83. The molecule has 2 aliphatic heterocycles. The highest BCUT2D eigenvalue weighted by molar-refractivity contribution is 5.48. The van der Waals surface area contributed by atoms with E-state index in [4.69, 9.17) is 4.98 Å². The molecule has 5 heteroatoms. The number of hydrogen-bond donors (Lipinski definition) is 2. The van der Waals surface area contributed by atoms with E-state index in [-0.39, 0.29) is 0 Å². The van der Waals surface area contributed by atoms with Crippen molar-refractivity contribution in [3.8, 4) is 0 Å². The molecule has 0 amide bonds. The van der Waals surface area contributed by atoms with Crippen LogP contribution in [-0.4, -0.2) is 47.1 Å². The molecular weight excluding hydrogens is 262 g/mol. The lowest BCUT2D eigenvalue weighted by molar-refractivity contribution is 0.192. The van der Waals surface area contributed by atoms with E-state index < -0.39 is 0 Å². The summed E-state index contributed by atoms with van der Waals surface area (Å²) in [7, 11) is 1.92. The minimum Gasteiger partial charge on any atom is -0.373 e. The molecule has 21 heavy (non-hydrogen) atoms. The molecule has 2 N–H and O–H groups in total. The molecule has 5 nitrogen and oxygen atoms in total. The van der Waals surface area contributed by atoms with Crippen molar-refractivity contribution < 1.29 is 0 Å². The number of anilines is 2. The van der Waals surface area contributed by atoms with Crippen LogP contribution in [0.2, 0.25) is 0 Å². The van der Waals surface area contributed by atoms with Crippen molar-refractivity contribution in [3.05, 3.63) is 11.9 Å². The smallest absolute Gasteiger partial charge is 0.133 e. The van der Waals surface area contributed by atoms with Crippen LogP contribution >= 0.6 is 0 Å². The van der Waals surface area contributed by atoms with Gasteiger partial charge in [0.1, 0.15) is 17.5 Å². The van der Waals surface area contributed by atoms with E-state index in [0.29, 0.717) is 12.1 Å². The van der Waals surface area contributed by atoms with Crippen molar-refractivity contribution >= 4 is 11.6 Å². The third-order valence-corrected chi connectivity index (χ3v) is 4.69. The van der Waals surface area contributed by atoms with Gasteiger partial charge in [0, 0.05) is 38.2 Å². The number of nitrogens with one attached hydrogen (secondary N) is 2. The Morgan fingerprint density at radius 3 is 2.86 bits per heavy atom. The Morgan fingerprint density at radius 2 is 2.05 bits per heavy atom. The van der Waals surface area contributed by atoms with Crippen LogP contribution in [0.1, 0.15) is 44.9 Å². The Hall–Kier alpha value is -1.36. The second-order valence-corrected chi connectivity index (χ2v) is 6.19. The lowest BCUT2D eigenvalue weighted by Crippen LogP contribution is -2.41. The molecule has 3 heterocycles. The first-order valence-electron chi connectivity index (χ1n) is 8.36. The van der Waals surface area contributed by atoms with E-state index in [2.05, 4.69) is 27.4 Å². The number of hydrogen-bond acceptors (Lipinski definition) is 5. The van der Waals surface area contributed by atoms with Crippen molar-refractivity contribution in [3.63, 3.8) is 0 Å². The first kappa shape index (κ1) is 14.6. The van der Waals surface area contributed by atoms with Crippen molar-refractivity contribution in [2.45, 2.75) is 57.5 Å². The fourth-order valence-electron chi connectivity index (χ4n) is 3.64. The van der Waals surface area contributed by atoms with Gasteiger partial charge in [0.05, 0.1) is 0 Å². The van der Waals surface area contributed by atoms with Crippen molar-refractivity contribution in [2.75, 3.05) is 30.8 Å². The maximum atomic E-state index is 4.69. The predicted molar refractivity (Wildman–Crippen MR) is 86.8 cm³/mol. The predicted octanol–water partition coefficient (Wildman–Crippen LogP) is 2.51. The summed E-state index contributed by atoms with van der Waals surface area (Å²) in [6, 6.07) is 3.27. The van der Waals surface area contributed by atoms with E-state index in [0.717, 1.165) is 30.3 Å². The standard InChI is InChI=1S/C16H27N5/c1-3-6-14-19-15(17-2)11-16(20-14)18-12-8-10-21-9-5-4-7-13(12)21/h11-13H,3-10H2,1-2H3,(H2,17,18,19,20). The molecular formula is C16H27N5. The van der Waals surface area contributed by atoms with E-state index >= 15 is 0 Å². The Kier molecular flexibility index (Phi) is 4.58. The lowest BCUT2D eigenvalue weighted by Gasteiger charge is -2.32. The molecule has 1 aromatic rings. The van der Waals surface area contributed by atoms with Gasteiger partial charge in [-0.1, -0.05) is 13.3 Å². The number of piperidine rings is 1. The van der Waals surface area contributed by atoms with E-state index in [1.165, 1.54) is 38.8 Å². The third kappa shape index (κ3) is 3.28. The Bertz CT molecular complexity index is 476. The molecule has 0 bridgehead atoms. The zero-order valence-electron chi connectivity index (χ0n) is 13.2. The van der Waals surface area contributed by atoms with Gasteiger partial charge in [-0.25, -0.2) is 9.97 Å². The van der Waals surface area contributed by atoms with Gasteiger partial charge in [-0.05, 0) is 32.2 Å². The monoisotopic (exact) mass is 289 g/mol. The number of aryl methyl sites for hydroxylation is 1. The molecule has 2 fully saturated rings. The molecule has 0 spiro atoms. The Labute approximate surface area is 127 Å². The molecule has 0 saturated carbocycles. The van der Waals surface area contributed by atoms with Crippen LogP contribution < -0.4 is 10.6 Å². The average Bonchev–Trinajstić information content (AvgIpc) is 2.91. The first-order valence-corrected chi connectivity index (χ1v) is 8.36. The summed E-state index contributed by atoms with van der Waals surface area (Å²) in [6.45, 7) is 4.67. The van der Waals surface area contributed by atoms with Crippen LogP contribution in [0.5, 0.6) is 0 Å². The normalized spacial score (nSPS) is 25.6. The highest BCUT2D eigenvalue weighted by Gasteiger charge is 2.35. The SMILES string of the molecule is CCCc1nc(NC)cc(NC2CCN3CCCCC23)n1. The largest absolute Gasteiger partial charge is 0.373 e. The minimum absolute atomic E-state index is 0.541. The van der Waals surface area contributed by atoms with Crippen molar-refractivity contribution in [1.82, 2.24) is 14.9 Å². The molecule has 3 rings (SSSR count). The molecule has 2 saturated heterocycles. The molecule has 0 aromatic carbocycles. The molecule has 116 valence electrons. The molecule has 2 unspecified atom stereocenters. The summed E-state index contributed by atoms with van der Waals surface area (Å²) < 4.78 is 0. The van der Waals surface area contributed by atoms with Gasteiger partial charge in [-0.2, -0.15) is 0 Å². The second-order valence-electron chi connectivity index (χ2n) is 6.19. The average molecular weight is 289 g/mol. The maximum absolute atomic E-state index is 4.69. The highest BCUT2D eigenvalue weighted by Crippen LogP contribution is 2.29. The topological polar surface area (TPSA) is 53.1 Å². The fraction of sp³-hybridized carbons (Fsp3) is 0.750. The van der Waals surface area contributed by atoms with Crippen LogP contribution in [0.15, 0.2) is 6.07 Å². The quantitative estimate of drug-likeness (QED) is 0.872. The highest BCUT2D eigenvalue weighted by atomic mass is 15.2. The van der Waals surface area contributed by atoms with Gasteiger partial charge in [-0.3, -0.25) is 4.90 Å². The van der Waals surface area contributed by atoms with Crippen molar-refractivity contribution in [1.29, 1.82) is 0 Å². The molecule has 0 aliphatic carbocycles. The van der Waals surface area contributed by atoms with Crippen LogP contribution in [0, 0.1) is 0 Å². The van der Waals surface area contributed by atoms with E-state index in [1.54, 1.807) is 0 Å². The molecule has 2 atom stereocenters. The van der Waals surface area contributed by atoms with Crippen LogP contribution in [0.4, 0.5) is 11.6 Å². The number of aromatic nitrogens is 2. The summed E-state index contributed by atoms with van der Waals surface area (Å²) in [5, 5.41) is 6.83. The van der Waals surface area contributed by atoms with Crippen LogP contribution in [0.3, 0.4) is 0 Å². The second kappa shape index (κ2) is 6.60. The van der Waals surface area contributed by atoms with Gasteiger partial charge in [0.25, 0.3) is 0 Å². The summed E-state index contributed by atoms with van der Waals surface area (Å²) >= 11 is 0. The van der Waals surface area contributed by atoms with Gasteiger partial charge in [0.15, 0.2) is 0 Å². The number of fused-ring (bicyclic) bond motifs is 1. The van der Waals surface area contributed by atoms with Gasteiger partial charge in [0.2, 0.25) is 0 Å². The number of rotatable bonds is 5.